The number of carbonyl (C=O) groups is 3. The number of fused-ring (bicyclic) bond motifs is 1. The van der Waals surface area contributed by atoms with Crippen LogP contribution in [0.25, 0.3) is 0 Å². The van der Waals surface area contributed by atoms with Gasteiger partial charge < -0.3 is 9.47 Å². The molecule has 0 saturated heterocycles. The molecular weight excluding hydrogens is 389 g/mol. The molecule has 0 aliphatic carbocycles. The highest BCUT2D eigenvalue weighted by atomic mass is 19.1. The van der Waals surface area contributed by atoms with Gasteiger partial charge in [0.2, 0.25) is 0 Å². The Balaban J connectivity index is 1.45. The first-order valence-electron chi connectivity index (χ1n) is 9.07. The summed E-state index contributed by atoms with van der Waals surface area (Å²) < 4.78 is 23.8. The maximum Gasteiger partial charge on any atom is 0.338 e. The molecule has 0 unspecified atom stereocenters. The van der Waals surface area contributed by atoms with Crippen molar-refractivity contribution in [2.24, 2.45) is 0 Å². The quantitative estimate of drug-likeness (QED) is 0.474. The minimum Gasteiger partial charge on any atom is -0.494 e. The van der Waals surface area contributed by atoms with Crippen molar-refractivity contribution < 1.29 is 28.2 Å². The van der Waals surface area contributed by atoms with E-state index in [1.807, 2.05) is 0 Å². The zero-order valence-corrected chi connectivity index (χ0v) is 15.9. The Labute approximate surface area is 171 Å². The van der Waals surface area contributed by atoms with Gasteiger partial charge in [-0.3, -0.25) is 9.59 Å². The second kappa shape index (κ2) is 7.79. The summed E-state index contributed by atoms with van der Waals surface area (Å²) in [5.41, 5.74) is 1.76. The number of benzene rings is 3. The fraction of sp³-hybridized carbons (Fsp3) is 0.0870. The number of anilines is 1. The molecule has 0 spiro atoms. The van der Waals surface area contributed by atoms with Crippen molar-refractivity contribution in [3.8, 4) is 5.75 Å². The zero-order chi connectivity index (χ0) is 21.3. The van der Waals surface area contributed by atoms with Crippen LogP contribution in [0.4, 0.5) is 10.1 Å². The molecular formula is C23H16FNO5. The standard InChI is InChI=1S/C23H16FNO5/c1-29-20-11-6-14(12-19(20)24)13-30-23(28)15-7-9-16(10-8-15)25-21(26)17-4-2-3-5-18(17)22(25)27/h2-12H,13H2,1H3. The summed E-state index contributed by atoms with van der Waals surface area (Å²) in [5.74, 6) is -1.87. The molecule has 0 N–H and O–H groups in total. The third kappa shape index (κ3) is 3.41. The van der Waals surface area contributed by atoms with E-state index < -0.39 is 23.6 Å². The molecule has 30 heavy (non-hydrogen) atoms. The SMILES string of the molecule is COc1ccc(COC(=O)c2ccc(N3C(=O)c4ccccc4C3=O)cc2)cc1F. The Hall–Kier alpha value is -4.00. The summed E-state index contributed by atoms with van der Waals surface area (Å²) in [6, 6.07) is 16.8. The van der Waals surface area contributed by atoms with Crippen LogP contribution >= 0.6 is 0 Å². The molecule has 0 bridgehead atoms. The Bertz CT molecular complexity index is 1120. The van der Waals surface area contributed by atoms with E-state index in [0.29, 0.717) is 22.4 Å². The predicted molar refractivity (Wildman–Crippen MR) is 106 cm³/mol. The van der Waals surface area contributed by atoms with Crippen molar-refractivity contribution in [1.82, 2.24) is 0 Å². The lowest BCUT2D eigenvalue weighted by atomic mass is 10.1. The number of nitrogens with zero attached hydrogens (tertiary/aromatic N) is 1. The number of rotatable bonds is 5. The minimum absolute atomic E-state index is 0.105. The highest BCUT2D eigenvalue weighted by molar-refractivity contribution is 6.34. The molecule has 0 aromatic heterocycles. The molecule has 3 aromatic rings. The van der Waals surface area contributed by atoms with Gasteiger partial charge in [0.15, 0.2) is 11.6 Å². The largest absolute Gasteiger partial charge is 0.494 e. The Morgan fingerprint density at radius 1 is 0.933 bits per heavy atom. The van der Waals surface area contributed by atoms with Crippen LogP contribution in [0.1, 0.15) is 36.6 Å². The maximum absolute atomic E-state index is 13.7. The van der Waals surface area contributed by atoms with Crippen molar-refractivity contribution in [3.05, 3.63) is 94.8 Å². The average Bonchev–Trinajstić information content (AvgIpc) is 3.02. The number of imide groups is 1. The van der Waals surface area contributed by atoms with Crippen molar-refractivity contribution in [3.63, 3.8) is 0 Å². The number of esters is 1. The van der Waals surface area contributed by atoms with Crippen LogP contribution < -0.4 is 9.64 Å². The van der Waals surface area contributed by atoms with Gasteiger partial charge in [-0.25, -0.2) is 14.1 Å². The average molecular weight is 405 g/mol. The molecule has 6 nitrogen and oxygen atoms in total. The minimum atomic E-state index is -0.611. The summed E-state index contributed by atoms with van der Waals surface area (Å²) in [7, 11) is 1.36. The summed E-state index contributed by atoms with van der Waals surface area (Å²) in [5, 5.41) is 0. The van der Waals surface area contributed by atoms with E-state index >= 15 is 0 Å². The van der Waals surface area contributed by atoms with E-state index in [9.17, 15) is 18.8 Å². The Morgan fingerprint density at radius 2 is 1.57 bits per heavy atom. The molecule has 150 valence electrons. The number of amides is 2. The van der Waals surface area contributed by atoms with Gasteiger partial charge in [0.1, 0.15) is 6.61 Å². The number of ether oxygens (including phenoxy) is 2. The van der Waals surface area contributed by atoms with Gasteiger partial charge in [-0.1, -0.05) is 18.2 Å². The number of methoxy groups -OCH3 is 1. The molecule has 3 aromatic carbocycles. The van der Waals surface area contributed by atoms with E-state index in [-0.39, 0.29) is 17.9 Å². The van der Waals surface area contributed by atoms with Crippen molar-refractivity contribution >= 4 is 23.5 Å². The molecule has 0 radical (unpaired) electrons. The number of halogens is 1. The maximum atomic E-state index is 13.7. The van der Waals surface area contributed by atoms with Crippen molar-refractivity contribution in [1.29, 1.82) is 0 Å². The first-order valence-corrected chi connectivity index (χ1v) is 9.07. The van der Waals surface area contributed by atoms with Crippen LogP contribution in [-0.4, -0.2) is 24.9 Å². The molecule has 0 atom stereocenters. The Kier molecular flexibility index (Phi) is 5.02. The second-order valence-corrected chi connectivity index (χ2v) is 6.58. The monoisotopic (exact) mass is 405 g/mol. The topological polar surface area (TPSA) is 72.9 Å². The first kappa shape index (κ1) is 19.3. The molecule has 1 aliphatic heterocycles. The van der Waals surface area contributed by atoms with Crippen LogP contribution in [0.3, 0.4) is 0 Å². The van der Waals surface area contributed by atoms with Gasteiger partial charge in [0.05, 0.1) is 29.5 Å². The van der Waals surface area contributed by atoms with E-state index in [4.69, 9.17) is 9.47 Å². The number of carbonyl (C=O) groups excluding carboxylic acids is 3. The van der Waals surface area contributed by atoms with Crippen LogP contribution in [0.5, 0.6) is 5.75 Å². The molecule has 7 heteroatoms. The lowest BCUT2D eigenvalue weighted by Crippen LogP contribution is -2.29. The van der Waals surface area contributed by atoms with E-state index in [0.717, 1.165) is 4.90 Å². The third-order valence-electron chi connectivity index (χ3n) is 4.74. The lowest BCUT2D eigenvalue weighted by molar-refractivity contribution is 0.0472. The molecule has 2 amide bonds. The number of hydrogen-bond donors (Lipinski definition) is 0. The van der Waals surface area contributed by atoms with Gasteiger partial charge in [0, 0.05) is 0 Å². The summed E-state index contributed by atoms with van der Waals surface area (Å²) in [6.45, 7) is -0.111. The van der Waals surface area contributed by atoms with Crippen molar-refractivity contribution in [2.75, 3.05) is 12.0 Å². The van der Waals surface area contributed by atoms with Crippen molar-refractivity contribution in [2.45, 2.75) is 6.61 Å². The van der Waals surface area contributed by atoms with Crippen LogP contribution in [0, 0.1) is 5.82 Å². The highest BCUT2D eigenvalue weighted by Crippen LogP contribution is 2.28. The number of hydrogen-bond acceptors (Lipinski definition) is 5. The summed E-state index contributed by atoms with van der Waals surface area (Å²) in [4.78, 5) is 38.4. The molecule has 0 saturated carbocycles. The fourth-order valence-electron chi connectivity index (χ4n) is 3.20. The molecule has 0 fully saturated rings. The third-order valence-corrected chi connectivity index (χ3v) is 4.74. The molecule has 4 rings (SSSR count). The predicted octanol–water partition coefficient (Wildman–Crippen LogP) is 3.99. The highest BCUT2D eigenvalue weighted by Gasteiger charge is 2.36. The van der Waals surface area contributed by atoms with Gasteiger partial charge in [-0.15, -0.1) is 0 Å². The normalized spacial score (nSPS) is 12.7. The van der Waals surface area contributed by atoms with Crippen LogP contribution in [0.2, 0.25) is 0 Å². The molecule has 1 aliphatic rings. The van der Waals surface area contributed by atoms with Crippen LogP contribution in [-0.2, 0) is 11.3 Å². The fourth-order valence-corrected chi connectivity index (χ4v) is 3.20. The Morgan fingerprint density at radius 3 is 2.13 bits per heavy atom. The lowest BCUT2D eigenvalue weighted by Gasteiger charge is -2.14. The molecule has 1 heterocycles. The van der Waals surface area contributed by atoms with Crippen LogP contribution in [0.15, 0.2) is 66.7 Å². The summed E-state index contributed by atoms with van der Waals surface area (Å²) in [6.07, 6.45) is 0. The van der Waals surface area contributed by atoms with Gasteiger partial charge in [-0.2, -0.15) is 0 Å². The van der Waals surface area contributed by atoms with Gasteiger partial charge in [-0.05, 0) is 54.1 Å². The smallest absolute Gasteiger partial charge is 0.338 e. The summed E-state index contributed by atoms with van der Waals surface area (Å²) >= 11 is 0. The van der Waals surface area contributed by atoms with Gasteiger partial charge >= 0.3 is 5.97 Å². The van der Waals surface area contributed by atoms with E-state index in [1.165, 1.54) is 43.5 Å². The second-order valence-electron chi connectivity index (χ2n) is 6.58. The zero-order valence-electron chi connectivity index (χ0n) is 15.9. The van der Waals surface area contributed by atoms with E-state index in [1.54, 1.807) is 30.3 Å². The van der Waals surface area contributed by atoms with E-state index in [2.05, 4.69) is 0 Å². The first-order chi connectivity index (χ1) is 14.5. The van der Waals surface area contributed by atoms with Gasteiger partial charge in [0.25, 0.3) is 11.8 Å².